The fourth-order valence-electron chi connectivity index (χ4n) is 2.41. The van der Waals surface area contributed by atoms with Gasteiger partial charge in [-0.25, -0.2) is 9.78 Å². The molecule has 0 aliphatic heterocycles. The zero-order chi connectivity index (χ0) is 18.0. The van der Waals surface area contributed by atoms with Crippen LogP contribution >= 0.6 is 0 Å². The van der Waals surface area contributed by atoms with Crippen molar-refractivity contribution in [1.82, 2.24) is 4.98 Å². The van der Waals surface area contributed by atoms with E-state index in [0.29, 0.717) is 10.8 Å². The third-order valence-electron chi connectivity index (χ3n) is 3.59. The number of pyridine rings is 1. The van der Waals surface area contributed by atoms with E-state index in [-0.39, 0.29) is 17.2 Å². The maximum absolute atomic E-state index is 12.9. The molecule has 1 N–H and O–H groups in total. The Bertz CT molecular complexity index is 939. The van der Waals surface area contributed by atoms with E-state index >= 15 is 0 Å². The normalized spacial score (nSPS) is 11.4. The molecular weight excluding hydrogens is 333 g/mol. The SMILES string of the molecule is COC(=O)c1cc2ccccc2c(Nc2cccc(C(F)(F)F)c2)n1. The average molecular weight is 346 g/mol. The van der Waals surface area contributed by atoms with Crippen LogP contribution in [0.25, 0.3) is 10.8 Å². The summed E-state index contributed by atoms with van der Waals surface area (Å²) in [7, 11) is 1.24. The van der Waals surface area contributed by atoms with E-state index < -0.39 is 17.7 Å². The Kier molecular flexibility index (Phi) is 4.31. The number of ether oxygens (including phenoxy) is 1. The predicted molar refractivity (Wildman–Crippen MR) is 87.8 cm³/mol. The number of hydrogen-bond donors (Lipinski definition) is 1. The molecule has 0 saturated heterocycles. The number of carbonyl (C=O) groups is 1. The van der Waals surface area contributed by atoms with Gasteiger partial charge in [0.05, 0.1) is 12.7 Å². The molecule has 3 aromatic rings. The topological polar surface area (TPSA) is 51.2 Å². The number of hydrogen-bond acceptors (Lipinski definition) is 4. The van der Waals surface area contributed by atoms with Crippen LogP contribution in [-0.2, 0) is 10.9 Å². The second-order valence-corrected chi connectivity index (χ2v) is 5.27. The van der Waals surface area contributed by atoms with Gasteiger partial charge in [-0.05, 0) is 29.7 Å². The Morgan fingerprint density at radius 1 is 1.08 bits per heavy atom. The number of nitrogens with one attached hydrogen (secondary N) is 1. The summed E-state index contributed by atoms with van der Waals surface area (Å²) in [6, 6.07) is 13.5. The molecule has 0 aliphatic rings. The van der Waals surface area contributed by atoms with E-state index in [1.54, 1.807) is 30.3 Å². The monoisotopic (exact) mass is 346 g/mol. The molecule has 0 fully saturated rings. The van der Waals surface area contributed by atoms with Crippen LogP contribution in [0.4, 0.5) is 24.7 Å². The van der Waals surface area contributed by atoms with Crippen molar-refractivity contribution in [3.05, 3.63) is 65.9 Å². The number of benzene rings is 2. The second-order valence-electron chi connectivity index (χ2n) is 5.27. The van der Waals surface area contributed by atoms with Crippen molar-refractivity contribution in [2.75, 3.05) is 12.4 Å². The first-order valence-electron chi connectivity index (χ1n) is 7.31. The highest BCUT2D eigenvalue weighted by Gasteiger charge is 2.30. The van der Waals surface area contributed by atoms with Gasteiger partial charge in [0.2, 0.25) is 0 Å². The number of carbonyl (C=O) groups excluding carboxylic acids is 1. The molecular formula is C18H13F3N2O2. The van der Waals surface area contributed by atoms with Gasteiger partial charge in [0.1, 0.15) is 5.82 Å². The molecule has 0 aliphatic carbocycles. The van der Waals surface area contributed by atoms with Crippen LogP contribution in [0.1, 0.15) is 16.1 Å². The number of nitrogens with zero attached hydrogens (tertiary/aromatic N) is 1. The molecule has 0 bridgehead atoms. The second kappa shape index (κ2) is 6.43. The van der Waals surface area contributed by atoms with Crippen molar-refractivity contribution < 1.29 is 22.7 Å². The first-order chi connectivity index (χ1) is 11.9. The van der Waals surface area contributed by atoms with Gasteiger partial charge in [-0.1, -0.05) is 30.3 Å². The highest BCUT2D eigenvalue weighted by molar-refractivity contribution is 5.99. The van der Waals surface area contributed by atoms with Crippen molar-refractivity contribution in [3.8, 4) is 0 Å². The Balaban J connectivity index is 2.08. The highest BCUT2D eigenvalue weighted by Crippen LogP contribution is 2.32. The van der Waals surface area contributed by atoms with E-state index in [9.17, 15) is 18.0 Å². The van der Waals surface area contributed by atoms with Gasteiger partial charge in [0.25, 0.3) is 0 Å². The minimum atomic E-state index is -4.44. The fourth-order valence-corrected chi connectivity index (χ4v) is 2.41. The predicted octanol–water partition coefficient (Wildman–Crippen LogP) is 4.78. The van der Waals surface area contributed by atoms with Crippen LogP contribution in [-0.4, -0.2) is 18.1 Å². The molecule has 1 aromatic heterocycles. The van der Waals surface area contributed by atoms with E-state index in [0.717, 1.165) is 12.1 Å². The van der Waals surface area contributed by atoms with Gasteiger partial charge >= 0.3 is 12.1 Å². The summed E-state index contributed by atoms with van der Waals surface area (Å²) in [6.45, 7) is 0. The zero-order valence-corrected chi connectivity index (χ0v) is 13.1. The Morgan fingerprint density at radius 3 is 2.56 bits per heavy atom. The van der Waals surface area contributed by atoms with Crippen LogP contribution < -0.4 is 5.32 Å². The average Bonchev–Trinajstić information content (AvgIpc) is 2.60. The van der Waals surface area contributed by atoms with Crippen molar-refractivity contribution in [1.29, 1.82) is 0 Å². The van der Waals surface area contributed by atoms with Gasteiger partial charge in [-0.15, -0.1) is 0 Å². The lowest BCUT2D eigenvalue weighted by molar-refractivity contribution is -0.137. The molecule has 25 heavy (non-hydrogen) atoms. The summed E-state index contributed by atoms with van der Waals surface area (Å²) in [4.78, 5) is 16.0. The number of fused-ring (bicyclic) bond motifs is 1. The number of esters is 1. The summed E-state index contributed by atoms with van der Waals surface area (Å²) in [5.41, 5.74) is -0.490. The third kappa shape index (κ3) is 3.55. The van der Waals surface area contributed by atoms with Gasteiger partial charge in [-0.2, -0.15) is 13.2 Å². The molecule has 0 atom stereocenters. The molecule has 0 radical (unpaired) electrons. The van der Waals surface area contributed by atoms with Crippen molar-refractivity contribution in [2.45, 2.75) is 6.18 Å². The van der Waals surface area contributed by atoms with Gasteiger partial charge < -0.3 is 10.1 Å². The van der Waals surface area contributed by atoms with E-state index in [4.69, 9.17) is 0 Å². The number of alkyl halides is 3. The lowest BCUT2D eigenvalue weighted by Crippen LogP contribution is -2.08. The summed E-state index contributed by atoms with van der Waals surface area (Å²) >= 11 is 0. The van der Waals surface area contributed by atoms with Gasteiger partial charge in [-0.3, -0.25) is 0 Å². The third-order valence-corrected chi connectivity index (χ3v) is 3.59. The smallest absolute Gasteiger partial charge is 0.416 e. The Morgan fingerprint density at radius 2 is 1.84 bits per heavy atom. The molecule has 0 spiro atoms. The van der Waals surface area contributed by atoms with Crippen molar-refractivity contribution >= 4 is 28.2 Å². The van der Waals surface area contributed by atoms with Crippen LogP contribution in [0.3, 0.4) is 0 Å². The summed E-state index contributed by atoms with van der Waals surface area (Å²) < 4.78 is 43.3. The van der Waals surface area contributed by atoms with E-state index in [2.05, 4.69) is 15.0 Å². The lowest BCUT2D eigenvalue weighted by atomic mass is 10.1. The summed E-state index contributed by atoms with van der Waals surface area (Å²) in [6.07, 6.45) is -4.44. The number of rotatable bonds is 3. The lowest BCUT2D eigenvalue weighted by Gasteiger charge is -2.13. The number of halogens is 3. The molecule has 0 amide bonds. The quantitative estimate of drug-likeness (QED) is 0.693. The van der Waals surface area contributed by atoms with Crippen LogP contribution in [0.5, 0.6) is 0 Å². The van der Waals surface area contributed by atoms with Crippen molar-refractivity contribution in [3.63, 3.8) is 0 Å². The first kappa shape index (κ1) is 16.8. The largest absolute Gasteiger partial charge is 0.464 e. The minimum absolute atomic E-state index is 0.0654. The molecule has 128 valence electrons. The van der Waals surface area contributed by atoms with Crippen LogP contribution in [0.2, 0.25) is 0 Å². The summed E-state index contributed by atoms with van der Waals surface area (Å²) in [5, 5.41) is 4.25. The maximum atomic E-state index is 12.9. The van der Waals surface area contributed by atoms with Gasteiger partial charge in [0, 0.05) is 11.1 Å². The van der Waals surface area contributed by atoms with Crippen molar-refractivity contribution in [2.24, 2.45) is 0 Å². The van der Waals surface area contributed by atoms with Gasteiger partial charge in [0.15, 0.2) is 5.69 Å². The molecule has 2 aromatic carbocycles. The Labute approximate surface area is 141 Å². The first-order valence-corrected chi connectivity index (χ1v) is 7.31. The molecule has 4 nitrogen and oxygen atoms in total. The molecule has 3 rings (SSSR count). The minimum Gasteiger partial charge on any atom is -0.464 e. The molecule has 1 heterocycles. The fraction of sp³-hybridized carbons (Fsp3) is 0.111. The highest BCUT2D eigenvalue weighted by atomic mass is 19.4. The van der Waals surface area contributed by atoms with E-state index in [1.165, 1.54) is 19.2 Å². The molecule has 0 unspecified atom stereocenters. The number of anilines is 2. The van der Waals surface area contributed by atoms with Crippen LogP contribution in [0, 0.1) is 0 Å². The standard InChI is InChI=1S/C18H13F3N2O2/c1-25-17(24)15-9-11-5-2-3-8-14(11)16(23-15)22-13-7-4-6-12(10-13)18(19,20)21/h2-10H,1H3,(H,22,23). The summed E-state index contributed by atoms with van der Waals surface area (Å²) in [5.74, 6) is -0.351. The number of aromatic nitrogens is 1. The van der Waals surface area contributed by atoms with E-state index in [1.807, 2.05) is 0 Å². The van der Waals surface area contributed by atoms with Crippen LogP contribution in [0.15, 0.2) is 54.6 Å². The Hall–Kier alpha value is -3.09. The maximum Gasteiger partial charge on any atom is 0.416 e. The molecule has 0 saturated carbocycles. The number of methoxy groups -OCH3 is 1. The molecule has 7 heteroatoms. The zero-order valence-electron chi connectivity index (χ0n) is 13.1.